The van der Waals surface area contributed by atoms with E-state index < -0.39 is 0 Å². The minimum absolute atomic E-state index is 0.00292. The zero-order chi connectivity index (χ0) is 25.9. The first-order valence-electron chi connectivity index (χ1n) is 12.3. The van der Waals surface area contributed by atoms with Gasteiger partial charge in [-0.05, 0) is 62.5 Å². The molecule has 0 aliphatic heterocycles. The van der Waals surface area contributed by atoms with E-state index in [-0.39, 0.29) is 22.8 Å². The Balaban J connectivity index is 1.63. The van der Waals surface area contributed by atoms with Gasteiger partial charge < -0.3 is 4.90 Å². The SMILES string of the molecule is CCC(CC)N(NC(=O)c1ccc(CN(C)CCCc2ccccc2)cc1)c1nc(C#N)ncc1Cl. The molecule has 3 rings (SSSR count). The lowest BCUT2D eigenvalue weighted by Gasteiger charge is -2.32. The highest BCUT2D eigenvalue weighted by Crippen LogP contribution is 2.25. The lowest BCUT2D eigenvalue weighted by atomic mass is 10.1. The van der Waals surface area contributed by atoms with Crippen LogP contribution in [0.1, 0.15) is 60.4 Å². The number of anilines is 1. The van der Waals surface area contributed by atoms with Gasteiger partial charge in [-0.2, -0.15) is 10.2 Å². The molecule has 0 atom stereocenters. The summed E-state index contributed by atoms with van der Waals surface area (Å²) >= 11 is 6.34. The van der Waals surface area contributed by atoms with Crippen LogP contribution in [0.5, 0.6) is 0 Å². The van der Waals surface area contributed by atoms with Gasteiger partial charge >= 0.3 is 0 Å². The van der Waals surface area contributed by atoms with Crippen LogP contribution in [0.25, 0.3) is 0 Å². The average molecular weight is 505 g/mol. The molecule has 1 heterocycles. The van der Waals surface area contributed by atoms with Crippen molar-refractivity contribution in [3.05, 3.63) is 88.3 Å². The van der Waals surface area contributed by atoms with Crippen LogP contribution in [0, 0.1) is 11.3 Å². The van der Waals surface area contributed by atoms with Crippen LogP contribution in [-0.2, 0) is 13.0 Å². The molecule has 0 unspecified atom stereocenters. The number of aromatic nitrogens is 2. The highest BCUT2D eigenvalue weighted by atomic mass is 35.5. The van der Waals surface area contributed by atoms with E-state index in [1.54, 1.807) is 5.01 Å². The number of amides is 1. The second-order valence-corrected chi connectivity index (χ2v) is 9.19. The van der Waals surface area contributed by atoms with Gasteiger partial charge in [-0.25, -0.2) is 4.98 Å². The van der Waals surface area contributed by atoms with E-state index >= 15 is 0 Å². The standard InChI is InChI=1S/C28H33ClN6O/c1-4-24(5-2)35(27-25(29)19-31-26(18-30)32-27)33-28(36)23-15-13-22(14-16-23)20-34(3)17-9-12-21-10-7-6-8-11-21/h6-8,10-11,13-16,19,24H,4-5,9,12,17,20H2,1-3H3,(H,33,36). The maximum Gasteiger partial charge on any atom is 0.269 e. The van der Waals surface area contributed by atoms with Crippen molar-refractivity contribution in [1.29, 1.82) is 5.26 Å². The smallest absolute Gasteiger partial charge is 0.269 e. The van der Waals surface area contributed by atoms with Crippen molar-refractivity contribution in [2.75, 3.05) is 18.6 Å². The van der Waals surface area contributed by atoms with Crippen molar-refractivity contribution >= 4 is 23.3 Å². The van der Waals surface area contributed by atoms with Crippen LogP contribution in [0.2, 0.25) is 5.02 Å². The number of nitrogens with zero attached hydrogens (tertiary/aromatic N) is 5. The molecule has 0 fully saturated rings. The van der Waals surface area contributed by atoms with Gasteiger partial charge in [0.15, 0.2) is 5.82 Å². The van der Waals surface area contributed by atoms with Gasteiger partial charge in [0.25, 0.3) is 5.91 Å². The monoisotopic (exact) mass is 504 g/mol. The van der Waals surface area contributed by atoms with E-state index in [1.807, 2.05) is 50.2 Å². The molecule has 2 aromatic carbocycles. The normalized spacial score (nSPS) is 10.9. The second kappa shape index (κ2) is 13.6. The molecule has 8 heteroatoms. The minimum atomic E-state index is -0.266. The topological polar surface area (TPSA) is 85.2 Å². The highest BCUT2D eigenvalue weighted by molar-refractivity contribution is 6.32. The van der Waals surface area contributed by atoms with Crippen LogP contribution in [-0.4, -0.2) is 40.4 Å². The Hall–Kier alpha value is -3.47. The molecule has 0 saturated carbocycles. The molecule has 7 nitrogen and oxygen atoms in total. The summed E-state index contributed by atoms with van der Waals surface area (Å²) in [5, 5.41) is 11.1. The third kappa shape index (κ3) is 7.51. The largest absolute Gasteiger partial charge is 0.302 e. The average Bonchev–Trinajstić information content (AvgIpc) is 2.90. The number of carbonyl (C=O) groups is 1. The highest BCUT2D eigenvalue weighted by Gasteiger charge is 2.23. The Morgan fingerprint density at radius 3 is 2.42 bits per heavy atom. The van der Waals surface area contributed by atoms with Gasteiger partial charge in [-0.15, -0.1) is 0 Å². The van der Waals surface area contributed by atoms with Crippen molar-refractivity contribution < 1.29 is 4.79 Å². The molecule has 0 spiro atoms. The number of hydrogen-bond acceptors (Lipinski definition) is 6. The number of hydrazine groups is 1. The van der Waals surface area contributed by atoms with Crippen molar-refractivity contribution in [3.63, 3.8) is 0 Å². The molecular weight excluding hydrogens is 472 g/mol. The Morgan fingerprint density at radius 2 is 1.78 bits per heavy atom. The zero-order valence-electron chi connectivity index (χ0n) is 21.1. The summed E-state index contributed by atoms with van der Waals surface area (Å²) in [7, 11) is 2.11. The Bertz CT molecular complexity index is 1160. The van der Waals surface area contributed by atoms with E-state index in [1.165, 1.54) is 11.8 Å². The molecule has 0 bridgehead atoms. The molecule has 1 aromatic heterocycles. The van der Waals surface area contributed by atoms with Crippen LogP contribution < -0.4 is 10.4 Å². The van der Waals surface area contributed by atoms with Crippen molar-refractivity contribution in [1.82, 2.24) is 20.3 Å². The maximum absolute atomic E-state index is 13.1. The van der Waals surface area contributed by atoms with Gasteiger partial charge in [0.2, 0.25) is 5.82 Å². The van der Waals surface area contributed by atoms with Crippen LogP contribution in [0.4, 0.5) is 5.82 Å². The van der Waals surface area contributed by atoms with Gasteiger partial charge in [-0.3, -0.25) is 15.2 Å². The molecule has 0 radical (unpaired) electrons. The van der Waals surface area contributed by atoms with Crippen molar-refractivity contribution in [3.8, 4) is 6.07 Å². The number of aryl methyl sites for hydroxylation is 1. The molecule has 0 saturated heterocycles. The van der Waals surface area contributed by atoms with E-state index in [4.69, 9.17) is 11.6 Å². The first kappa shape index (κ1) is 27.1. The Kier molecular flexibility index (Phi) is 10.2. The summed E-state index contributed by atoms with van der Waals surface area (Å²) in [5.41, 5.74) is 5.98. The quantitative estimate of drug-likeness (QED) is 0.332. The molecule has 36 heavy (non-hydrogen) atoms. The zero-order valence-corrected chi connectivity index (χ0v) is 21.9. The first-order valence-corrected chi connectivity index (χ1v) is 12.7. The lowest BCUT2D eigenvalue weighted by molar-refractivity contribution is 0.0943. The fourth-order valence-corrected chi connectivity index (χ4v) is 4.26. The van der Waals surface area contributed by atoms with E-state index in [9.17, 15) is 10.1 Å². The second-order valence-electron chi connectivity index (χ2n) is 8.78. The predicted molar refractivity (Wildman–Crippen MR) is 144 cm³/mol. The number of rotatable bonds is 12. The molecule has 0 aliphatic carbocycles. The minimum Gasteiger partial charge on any atom is -0.302 e. The van der Waals surface area contributed by atoms with Gasteiger partial charge in [0.05, 0.1) is 12.2 Å². The molecular formula is C28H33ClN6O. The van der Waals surface area contributed by atoms with Gasteiger partial charge in [0, 0.05) is 12.1 Å². The summed E-state index contributed by atoms with van der Waals surface area (Å²) in [5.74, 6) is 0.0497. The number of halogens is 1. The van der Waals surface area contributed by atoms with Crippen molar-refractivity contribution in [2.24, 2.45) is 0 Å². The third-order valence-electron chi connectivity index (χ3n) is 6.10. The Labute approximate surface area is 218 Å². The number of nitriles is 1. The maximum atomic E-state index is 13.1. The lowest BCUT2D eigenvalue weighted by Crippen LogP contribution is -2.49. The molecule has 1 amide bonds. The van der Waals surface area contributed by atoms with E-state index in [2.05, 4.69) is 51.6 Å². The van der Waals surface area contributed by atoms with Crippen LogP contribution >= 0.6 is 11.6 Å². The molecule has 1 N–H and O–H groups in total. The predicted octanol–water partition coefficient (Wildman–Crippen LogP) is 5.41. The van der Waals surface area contributed by atoms with E-state index in [0.29, 0.717) is 11.4 Å². The fraction of sp³-hybridized carbons (Fsp3) is 0.357. The van der Waals surface area contributed by atoms with Gasteiger partial charge in [-0.1, -0.05) is 67.9 Å². The Morgan fingerprint density at radius 1 is 1.08 bits per heavy atom. The summed E-state index contributed by atoms with van der Waals surface area (Å²) in [6, 6.07) is 20.0. The van der Waals surface area contributed by atoms with Crippen molar-refractivity contribution in [2.45, 2.75) is 52.1 Å². The van der Waals surface area contributed by atoms with E-state index in [0.717, 1.165) is 44.3 Å². The molecule has 3 aromatic rings. The number of carbonyl (C=O) groups excluding carboxylic acids is 1. The number of nitrogens with one attached hydrogen (secondary N) is 1. The number of hydrogen-bond donors (Lipinski definition) is 1. The van der Waals surface area contributed by atoms with Crippen LogP contribution in [0.3, 0.4) is 0 Å². The van der Waals surface area contributed by atoms with Gasteiger partial charge in [0.1, 0.15) is 11.1 Å². The fourth-order valence-electron chi connectivity index (χ4n) is 4.08. The summed E-state index contributed by atoms with van der Waals surface area (Å²) in [4.78, 5) is 23.6. The summed E-state index contributed by atoms with van der Waals surface area (Å²) in [6.07, 6.45) is 5.05. The molecule has 188 valence electrons. The van der Waals surface area contributed by atoms with Crippen LogP contribution in [0.15, 0.2) is 60.8 Å². The molecule has 0 aliphatic rings. The number of benzene rings is 2. The third-order valence-corrected chi connectivity index (χ3v) is 6.37. The summed E-state index contributed by atoms with van der Waals surface area (Å²) in [6.45, 7) is 5.85. The summed E-state index contributed by atoms with van der Waals surface area (Å²) < 4.78 is 0. The first-order chi connectivity index (χ1) is 17.4.